The van der Waals surface area contributed by atoms with Gasteiger partial charge in [-0.25, -0.2) is 0 Å². The van der Waals surface area contributed by atoms with Crippen LogP contribution in [0.3, 0.4) is 0 Å². The van der Waals surface area contributed by atoms with Crippen molar-refractivity contribution in [3.05, 3.63) is 24.0 Å². The Labute approximate surface area is 54.6 Å². The monoisotopic (exact) mass is 122 g/mol. The third-order valence-corrected chi connectivity index (χ3v) is 1.07. The zero-order valence-electron chi connectivity index (χ0n) is 5.46. The van der Waals surface area contributed by atoms with Gasteiger partial charge in [0.25, 0.3) is 0 Å². The van der Waals surface area contributed by atoms with Gasteiger partial charge in [-0.2, -0.15) is 5.10 Å². The zero-order valence-corrected chi connectivity index (χ0v) is 5.46. The summed E-state index contributed by atoms with van der Waals surface area (Å²) in [4.78, 5) is 0. The number of rotatable bonds is 2. The fourth-order valence-electron chi connectivity index (χ4n) is 0.606. The number of aromatic nitrogens is 2. The summed E-state index contributed by atoms with van der Waals surface area (Å²) in [6, 6.07) is 0. The number of H-pyrrole nitrogens is 1. The zero-order chi connectivity index (χ0) is 6.53. The molecule has 0 radical (unpaired) electrons. The molecule has 48 valence electrons. The normalized spacial score (nSPS) is 10.8. The van der Waals surface area contributed by atoms with Crippen molar-refractivity contribution in [2.75, 3.05) is 0 Å². The molecule has 0 spiro atoms. The summed E-state index contributed by atoms with van der Waals surface area (Å²) >= 11 is 0. The summed E-state index contributed by atoms with van der Waals surface area (Å²) in [7, 11) is 0. The van der Waals surface area contributed by atoms with Crippen LogP contribution in [-0.2, 0) is 0 Å². The van der Waals surface area contributed by atoms with Crippen LogP contribution < -0.4 is 0 Å². The van der Waals surface area contributed by atoms with E-state index in [0.717, 1.165) is 12.0 Å². The van der Waals surface area contributed by atoms with E-state index in [0.29, 0.717) is 0 Å². The summed E-state index contributed by atoms with van der Waals surface area (Å²) in [6.45, 7) is 2.11. The molecule has 0 aromatic carbocycles. The summed E-state index contributed by atoms with van der Waals surface area (Å²) < 4.78 is 0. The quantitative estimate of drug-likeness (QED) is 0.637. The van der Waals surface area contributed by atoms with Gasteiger partial charge in [0, 0.05) is 11.8 Å². The highest BCUT2D eigenvalue weighted by atomic mass is 15.1. The number of allylic oxidation sites excluding steroid dienone is 1. The first kappa shape index (κ1) is 6.08. The maximum absolute atomic E-state index is 3.80. The molecule has 0 bridgehead atoms. The van der Waals surface area contributed by atoms with Gasteiger partial charge < -0.3 is 0 Å². The minimum atomic E-state index is 1.07. The van der Waals surface area contributed by atoms with E-state index in [1.54, 1.807) is 6.20 Å². The molecule has 1 heterocycles. The van der Waals surface area contributed by atoms with Crippen LogP contribution in [0, 0.1) is 0 Å². The average molecular weight is 122 g/mol. The third kappa shape index (κ3) is 1.72. The van der Waals surface area contributed by atoms with Gasteiger partial charge in [-0.05, 0) is 6.42 Å². The summed E-state index contributed by atoms with van der Waals surface area (Å²) in [5.74, 6) is 0. The van der Waals surface area contributed by atoms with E-state index < -0.39 is 0 Å². The van der Waals surface area contributed by atoms with Gasteiger partial charge >= 0.3 is 0 Å². The molecular formula is C7H10N2. The third-order valence-electron chi connectivity index (χ3n) is 1.07. The largest absolute Gasteiger partial charge is 0.285 e. The summed E-state index contributed by atoms with van der Waals surface area (Å²) in [5, 5.41) is 6.54. The van der Waals surface area contributed by atoms with Crippen molar-refractivity contribution in [1.82, 2.24) is 10.2 Å². The molecule has 0 unspecified atom stereocenters. The van der Waals surface area contributed by atoms with Crippen LogP contribution >= 0.6 is 0 Å². The second-order valence-corrected chi connectivity index (χ2v) is 1.84. The molecule has 2 heteroatoms. The number of nitrogens with zero attached hydrogens (tertiary/aromatic N) is 1. The van der Waals surface area contributed by atoms with Crippen molar-refractivity contribution in [3.63, 3.8) is 0 Å². The lowest BCUT2D eigenvalue weighted by atomic mass is 10.3. The molecule has 0 amide bonds. The van der Waals surface area contributed by atoms with Gasteiger partial charge in [-0.1, -0.05) is 19.1 Å². The van der Waals surface area contributed by atoms with E-state index in [1.165, 1.54) is 0 Å². The lowest BCUT2D eigenvalue weighted by Crippen LogP contribution is -1.58. The first-order valence-electron chi connectivity index (χ1n) is 3.09. The molecule has 0 aliphatic carbocycles. The van der Waals surface area contributed by atoms with Crippen LogP contribution in [0.2, 0.25) is 0 Å². The fourth-order valence-corrected chi connectivity index (χ4v) is 0.606. The number of hydrogen-bond donors (Lipinski definition) is 1. The minimum Gasteiger partial charge on any atom is -0.285 e. The lowest BCUT2D eigenvalue weighted by Gasteiger charge is -1.77. The van der Waals surface area contributed by atoms with Crippen molar-refractivity contribution in [3.8, 4) is 0 Å². The molecule has 0 aliphatic heterocycles. The summed E-state index contributed by atoms with van der Waals surface area (Å²) in [5.41, 5.74) is 1.14. The number of aromatic amines is 1. The van der Waals surface area contributed by atoms with Gasteiger partial charge in [0.2, 0.25) is 0 Å². The SMILES string of the molecule is CC/C=C/c1cn[nH]c1. The predicted octanol–water partition coefficient (Wildman–Crippen LogP) is 1.83. The van der Waals surface area contributed by atoms with Crippen LogP contribution in [0.15, 0.2) is 18.5 Å². The topological polar surface area (TPSA) is 28.7 Å². The van der Waals surface area contributed by atoms with E-state index >= 15 is 0 Å². The maximum atomic E-state index is 3.80. The Morgan fingerprint density at radius 2 is 2.67 bits per heavy atom. The van der Waals surface area contributed by atoms with Gasteiger partial charge in [-0.3, -0.25) is 5.10 Å². The fraction of sp³-hybridized carbons (Fsp3) is 0.286. The number of nitrogens with one attached hydrogen (secondary N) is 1. The van der Waals surface area contributed by atoms with Crippen molar-refractivity contribution in [2.45, 2.75) is 13.3 Å². The Hall–Kier alpha value is -1.05. The Kier molecular flexibility index (Phi) is 2.07. The molecule has 0 saturated heterocycles. The average Bonchev–Trinajstić information content (AvgIpc) is 2.34. The molecule has 1 N–H and O–H groups in total. The molecule has 9 heavy (non-hydrogen) atoms. The van der Waals surface area contributed by atoms with E-state index in [1.807, 2.05) is 12.3 Å². The van der Waals surface area contributed by atoms with Crippen LogP contribution in [0.4, 0.5) is 0 Å². The first-order valence-corrected chi connectivity index (χ1v) is 3.09. The van der Waals surface area contributed by atoms with E-state index in [4.69, 9.17) is 0 Å². The van der Waals surface area contributed by atoms with Crippen molar-refractivity contribution in [2.24, 2.45) is 0 Å². The van der Waals surface area contributed by atoms with E-state index in [-0.39, 0.29) is 0 Å². The van der Waals surface area contributed by atoms with E-state index in [9.17, 15) is 0 Å². The Balaban J connectivity index is 2.57. The van der Waals surface area contributed by atoms with Crippen LogP contribution in [0.1, 0.15) is 18.9 Å². The van der Waals surface area contributed by atoms with Crippen LogP contribution in [0.5, 0.6) is 0 Å². The smallest absolute Gasteiger partial charge is 0.0559 e. The van der Waals surface area contributed by atoms with Crippen LogP contribution in [0.25, 0.3) is 6.08 Å². The molecule has 0 fully saturated rings. The highest BCUT2D eigenvalue weighted by molar-refractivity contribution is 5.45. The molecule has 0 saturated carbocycles. The second-order valence-electron chi connectivity index (χ2n) is 1.84. The molecule has 0 atom stereocenters. The van der Waals surface area contributed by atoms with Crippen molar-refractivity contribution < 1.29 is 0 Å². The molecule has 1 aromatic heterocycles. The Morgan fingerprint density at radius 1 is 1.78 bits per heavy atom. The lowest BCUT2D eigenvalue weighted by molar-refractivity contribution is 1.09. The maximum Gasteiger partial charge on any atom is 0.0559 e. The molecule has 0 aliphatic rings. The first-order chi connectivity index (χ1) is 4.43. The highest BCUT2D eigenvalue weighted by Crippen LogP contribution is 1.96. The van der Waals surface area contributed by atoms with Crippen molar-refractivity contribution >= 4 is 6.08 Å². The minimum absolute atomic E-state index is 1.07. The molecule has 1 rings (SSSR count). The molecular weight excluding hydrogens is 112 g/mol. The van der Waals surface area contributed by atoms with Crippen molar-refractivity contribution in [1.29, 1.82) is 0 Å². The molecule has 1 aromatic rings. The van der Waals surface area contributed by atoms with Crippen LogP contribution in [-0.4, -0.2) is 10.2 Å². The van der Waals surface area contributed by atoms with Gasteiger partial charge in [-0.15, -0.1) is 0 Å². The van der Waals surface area contributed by atoms with Gasteiger partial charge in [0.1, 0.15) is 0 Å². The Bertz CT molecular complexity index is 175. The molecule has 2 nitrogen and oxygen atoms in total. The Morgan fingerprint density at radius 3 is 3.22 bits per heavy atom. The predicted molar refractivity (Wildman–Crippen MR) is 37.9 cm³/mol. The highest BCUT2D eigenvalue weighted by Gasteiger charge is 1.81. The standard InChI is InChI=1S/C7H10N2/c1-2-3-4-7-5-8-9-6-7/h3-6H,2H2,1H3,(H,8,9)/b4-3+. The van der Waals surface area contributed by atoms with E-state index in [2.05, 4.69) is 23.2 Å². The number of hydrogen-bond acceptors (Lipinski definition) is 1. The second kappa shape index (κ2) is 3.07. The summed E-state index contributed by atoms with van der Waals surface area (Å²) in [6.07, 6.45) is 8.89. The van der Waals surface area contributed by atoms with Gasteiger partial charge in [0.15, 0.2) is 0 Å². The van der Waals surface area contributed by atoms with Gasteiger partial charge in [0.05, 0.1) is 6.20 Å².